The summed E-state index contributed by atoms with van der Waals surface area (Å²) in [6, 6.07) is 11.6. The fraction of sp³-hybridized carbons (Fsp3) is 0.750. The van der Waals surface area contributed by atoms with Gasteiger partial charge in [-0.1, -0.05) is 101 Å². The van der Waals surface area contributed by atoms with Gasteiger partial charge in [-0.25, -0.2) is 0 Å². The quantitative estimate of drug-likeness (QED) is 0.191. The minimum atomic E-state index is -1.08. The third kappa shape index (κ3) is 5.96. The fourth-order valence-electron chi connectivity index (χ4n) is 14.8. The number of carbonyl (C=O) groups is 2. The Kier molecular flexibility index (Phi) is 10.1. The van der Waals surface area contributed by atoms with Gasteiger partial charge in [-0.05, 0) is 130 Å². The van der Waals surface area contributed by atoms with Crippen molar-refractivity contribution in [2.24, 2.45) is 57.7 Å². The van der Waals surface area contributed by atoms with Gasteiger partial charge in [0.2, 0.25) is 0 Å². The molecule has 6 heteroatoms. The molecule has 0 radical (unpaired) electrons. The van der Waals surface area contributed by atoms with Gasteiger partial charge >= 0.3 is 5.97 Å². The number of carboxylic acid groups (broad SMARTS) is 1. The number of ether oxygens (including phenoxy) is 1. The zero-order valence-electron chi connectivity index (χ0n) is 33.6. The topological polar surface area (TPSA) is 70.1 Å². The number of rotatable bonds is 10. The molecular weight excluding hydrogens is 669 g/mol. The van der Waals surface area contributed by atoms with Gasteiger partial charge in [0, 0.05) is 36.5 Å². The summed E-state index contributed by atoms with van der Waals surface area (Å²) >= 11 is 0. The summed E-state index contributed by atoms with van der Waals surface area (Å²) < 4.78 is 7.62. The molecule has 0 amide bonds. The number of likely N-dealkylation sites (tertiary alicyclic amines) is 1. The molecular formula is C48H68N2O4. The summed E-state index contributed by atoms with van der Waals surface area (Å²) in [4.78, 5) is 33.1. The monoisotopic (exact) mass is 737 g/mol. The molecule has 6 fully saturated rings. The van der Waals surface area contributed by atoms with Gasteiger partial charge in [-0.3, -0.25) is 9.69 Å². The Bertz CT molecular complexity index is 1610. The lowest BCUT2D eigenvalue weighted by Crippen LogP contribution is -2.55. The first-order chi connectivity index (χ1) is 26.2. The summed E-state index contributed by atoms with van der Waals surface area (Å²) in [5.74, 6) is 1.98. The number of hydrogen-bond acceptors (Lipinski definition) is 5. The van der Waals surface area contributed by atoms with Crippen LogP contribution in [0.5, 0.6) is 0 Å². The van der Waals surface area contributed by atoms with Crippen LogP contribution in [0.4, 0.5) is 0 Å². The van der Waals surface area contributed by atoms with Crippen LogP contribution in [0.25, 0.3) is 5.57 Å². The van der Waals surface area contributed by atoms with Crippen molar-refractivity contribution in [3.63, 3.8) is 0 Å². The molecule has 2 saturated heterocycles. The van der Waals surface area contributed by atoms with Crippen molar-refractivity contribution in [1.82, 2.24) is 9.80 Å². The molecule has 6 unspecified atom stereocenters. The molecule has 0 spiro atoms. The largest absolute Gasteiger partial charge is 0.481 e. The third-order valence-electron chi connectivity index (χ3n) is 17.6. The molecule has 4 saturated carbocycles. The molecule has 294 valence electrons. The number of aldehydes is 1. The van der Waals surface area contributed by atoms with E-state index in [1.807, 2.05) is 0 Å². The smallest absolute Gasteiger partial charge is 0.314 e. The van der Waals surface area contributed by atoms with Crippen molar-refractivity contribution in [3.8, 4) is 0 Å². The van der Waals surface area contributed by atoms with Gasteiger partial charge in [0.05, 0.1) is 12.2 Å². The minimum absolute atomic E-state index is 0.101. The van der Waals surface area contributed by atoms with Gasteiger partial charge in [0.1, 0.15) is 11.7 Å². The Labute approximate surface area is 325 Å². The lowest BCUT2D eigenvalue weighted by atomic mass is 9.50. The number of hydrogen-bond donors (Lipinski definition) is 1. The molecule has 54 heavy (non-hydrogen) atoms. The molecule has 8 aliphatic rings. The fourth-order valence-corrected chi connectivity index (χ4v) is 14.8. The van der Waals surface area contributed by atoms with Gasteiger partial charge in [-0.15, -0.1) is 0 Å². The third-order valence-corrected chi connectivity index (χ3v) is 17.6. The van der Waals surface area contributed by atoms with Crippen LogP contribution in [0.2, 0.25) is 0 Å². The van der Waals surface area contributed by atoms with Crippen LogP contribution < -0.4 is 0 Å². The molecule has 3 aliphatic heterocycles. The van der Waals surface area contributed by atoms with E-state index in [4.69, 9.17) is 4.74 Å². The predicted octanol–water partition coefficient (Wildman–Crippen LogP) is 9.30. The average Bonchev–Trinajstić information content (AvgIpc) is 3.98. The molecule has 1 N–H and O–H groups in total. The Hall–Kier alpha value is -2.28. The SMILES string of the molecule is CC(C)C1=CC2C[C@@]1(C(=O)O)C1(C=O)CCC2(C2CC(CC3CCCC3)C(CN3CCC(N4CC=C(c5ccccc5)CC4)CC3)O2)C[C@@H]2[C@H](C)CC[C@H]21. The number of nitrogens with zero attached hydrogens (tertiary/aromatic N) is 2. The van der Waals surface area contributed by atoms with Crippen molar-refractivity contribution in [3.05, 3.63) is 53.6 Å². The van der Waals surface area contributed by atoms with Crippen LogP contribution in [0.1, 0.15) is 123 Å². The average molecular weight is 737 g/mol. The molecule has 9 rings (SSSR count). The van der Waals surface area contributed by atoms with Crippen LogP contribution in [0.15, 0.2) is 48.1 Å². The first kappa shape index (κ1) is 37.3. The standard InChI is InChI=1S/C48H68N2O4/c1-32(2)42-27-38-28-48(42,45(52)53)47(31-51)20-19-46(38,29-40-33(3)13-14-41(40)47)44-26-37(25-34-9-7-8-10-34)43(54-44)30-49-21-17-39(18-22-49)50-23-15-36(16-24-50)35-11-5-4-6-12-35/h4-6,11-12,15,27,31-34,37-41,43-44H,7-10,13-14,16-26,28-30H2,1-3H3,(H,52,53)/t33-,37?,38?,40-,41-,43?,44?,46?,47?,48-/m1/s1. The number of carbonyl (C=O) groups excluding carboxylic acids is 1. The molecule has 1 aromatic carbocycles. The minimum Gasteiger partial charge on any atom is -0.481 e. The number of allylic oxidation sites excluding steroid dienone is 1. The van der Waals surface area contributed by atoms with Crippen LogP contribution in [-0.4, -0.2) is 78.1 Å². The van der Waals surface area contributed by atoms with E-state index in [0.29, 0.717) is 36.6 Å². The highest BCUT2D eigenvalue weighted by Gasteiger charge is 2.73. The van der Waals surface area contributed by atoms with E-state index in [1.165, 1.54) is 62.4 Å². The van der Waals surface area contributed by atoms with Crippen LogP contribution >= 0.6 is 0 Å². The second kappa shape index (κ2) is 14.6. The summed E-state index contributed by atoms with van der Waals surface area (Å²) in [5, 5.41) is 11.3. The zero-order valence-corrected chi connectivity index (χ0v) is 33.6. The maximum atomic E-state index is 13.8. The number of benzene rings is 1. The highest BCUT2D eigenvalue weighted by molar-refractivity contribution is 5.87. The number of carboxylic acids is 1. The van der Waals surface area contributed by atoms with Gasteiger partial charge in [0.25, 0.3) is 0 Å². The second-order valence-electron chi connectivity index (χ2n) is 20.1. The van der Waals surface area contributed by atoms with Gasteiger partial charge in [-0.2, -0.15) is 0 Å². The Morgan fingerprint density at radius 2 is 1.78 bits per heavy atom. The van der Waals surface area contributed by atoms with E-state index < -0.39 is 16.8 Å². The van der Waals surface area contributed by atoms with E-state index in [9.17, 15) is 14.7 Å². The molecule has 0 aromatic heterocycles. The molecule has 10 atom stereocenters. The Balaban J connectivity index is 0.960. The highest BCUT2D eigenvalue weighted by Crippen LogP contribution is 2.74. The Morgan fingerprint density at radius 1 is 1.00 bits per heavy atom. The normalized spacial score (nSPS) is 41.8. The van der Waals surface area contributed by atoms with Crippen molar-refractivity contribution in [2.75, 3.05) is 32.7 Å². The molecule has 1 aromatic rings. The molecule has 3 heterocycles. The second-order valence-corrected chi connectivity index (χ2v) is 20.1. The van der Waals surface area contributed by atoms with Crippen LogP contribution in [-0.2, 0) is 14.3 Å². The first-order valence-corrected chi connectivity index (χ1v) is 22.5. The van der Waals surface area contributed by atoms with E-state index in [1.54, 1.807) is 0 Å². The maximum Gasteiger partial charge on any atom is 0.314 e. The van der Waals surface area contributed by atoms with Crippen molar-refractivity contribution >= 4 is 17.8 Å². The first-order valence-electron chi connectivity index (χ1n) is 22.5. The van der Waals surface area contributed by atoms with E-state index in [-0.39, 0.29) is 35.4 Å². The van der Waals surface area contributed by atoms with E-state index in [0.717, 1.165) is 82.7 Å². The summed E-state index contributed by atoms with van der Waals surface area (Å²) in [6.07, 6.45) is 23.4. The van der Waals surface area contributed by atoms with Crippen LogP contribution in [0, 0.1) is 57.7 Å². The Morgan fingerprint density at radius 3 is 2.46 bits per heavy atom. The van der Waals surface area contributed by atoms with Crippen molar-refractivity contribution in [1.29, 1.82) is 0 Å². The molecule has 5 aliphatic carbocycles. The summed E-state index contributed by atoms with van der Waals surface area (Å²) in [5.41, 5.74) is 1.93. The zero-order chi connectivity index (χ0) is 37.2. The number of aliphatic carboxylic acids is 1. The summed E-state index contributed by atoms with van der Waals surface area (Å²) in [7, 11) is 0. The van der Waals surface area contributed by atoms with Gasteiger partial charge < -0.3 is 19.5 Å². The van der Waals surface area contributed by atoms with Crippen LogP contribution in [0.3, 0.4) is 0 Å². The van der Waals surface area contributed by atoms with E-state index >= 15 is 0 Å². The number of piperidine rings is 1. The van der Waals surface area contributed by atoms with Gasteiger partial charge in [0.15, 0.2) is 0 Å². The van der Waals surface area contributed by atoms with Crippen molar-refractivity contribution < 1.29 is 19.4 Å². The number of fused-ring (bicyclic) bond motifs is 9. The van der Waals surface area contributed by atoms with Crippen molar-refractivity contribution in [2.45, 2.75) is 135 Å². The predicted molar refractivity (Wildman–Crippen MR) is 215 cm³/mol. The molecule has 4 bridgehead atoms. The lowest BCUT2D eigenvalue weighted by molar-refractivity contribution is -0.165. The highest BCUT2D eigenvalue weighted by atomic mass is 16.5. The molecule has 6 nitrogen and oxygen atoms in total. The maximum absolute atomic E-state index is 13.8. The lowest BCUT2D eigenvalue weighted by Gasteiger charge is -2.51. The summed E-state index contributed by atoms with van der Waals surface area (Å²) in [6.45, 7) is 12.3. The van der Waals surface area contributed by atoms with E-state index in [2.05, 4.69) is 73.1 Å².